The van der Waals surface area contributed by atoms with Crippen molar-refractivity contribution >= 4 is 22.6 Å². The van der Waals surface area contributed by atoms with Gasteiger partial charge in [-0.15, -0.1) is 0 Å². The van der Waals surface area contributed by atoms with Crippen molar-refractivity contribution in [2.24, 2.45) is 0 Å². The van der Waals surface area contributed by atoms with E-state index in [9.17, 15) is 8.78 Å². The predicted octanol–water partition coefficient (Wildman–Crippen LogP) is 1.75. The van der Waals surface area contributed by atoms with Gasteiger partial charge in [0.25, 0.3) is 6.43 Å². The van der Waals surface area contributed by atoms with Crippen molar-refractivity contribution in [1.29, 1.82) is 0 Å². The number of hydrogen-bond donors (Lipinski definition) is 0. The highest BCUT2D eigenvalue weighted by atomic mass is 127. The molecule has 0 bridgehead atoms. The molecule has 0 saturated carbocycles. The molecular weight excluding hydrogens is 253 g/mol. The maximum Gasteiger partial charge on any atom is 0.257 e. The molecule has 0 unspecified atom stereocenters. The summed E-state index contributed by atoms with van der Waals surface area (Å²) in [7, 11) is 0. The van der Waals surface area contributed by atoms with Crippen molar-refractivity contribution in [3.05, 3.63) is 16.0 Å². The van der Waals surface area contributed by atoms with E-state index in [1.165, 1.54) is 10.9 Å². The van der Waals surface area contributed by atoms with E-state index in [0.29, 0.717) is 0 Å². The van der Waals surface area contributed by atoms with Crippen LogP contribution in [0.1, 0.15) is 0 Å². The van der Waals surface area contributed by atoms with Gasteiger partial charge in [-0.2, -0.15) is 5.10 Å². The minimum Gasteiger partial charge on any atom is -0.266 e. The standard InChI is InChI=1S/C5H5F2IN2/c6-4(7)3-10-2-1-5(8)9-10/h1-2,4H,3H2. The van der Waals surface area contributed by atoms with Crippen LogP contribution in [-0.4, -0.2) is 16.2 Å². The first kappa shape index (κ1) is 7.90. The van der Waals surface area contributed by atoms with Gasteiger partial charge in [0.1, 0.15) is 10.2 Å². The molecule has 10 heavy (non-hydrogen) atoms. The van der Waals surface area contributed by atoms with Crippen molar-refractivity contribution in [2.45, 2.75) is 13.0 Å². The first-order chi connectivity index (χ1) is 4.68. The molecule has 0 saturated heterocycles. The molecule has 1 rings (SSSR count). The van der Waals surface area contributed by atoms with Crippen LogP contribution < -0.4 is 0 Å². The second-order valence-corrected chi connectivity index (χ2v) is 2.86. The summed E-state index contributed by atoms with van der Waals surface area (Å²) >= 11 is 1.97. The van der Waals surface area contributed by atoms with Crippen LogP contribution in [0.4, 0.5) is 8.78 Å². The van der Waals surface area contributed by atoms with Crippen molar-refractivity contribution in [3.63, 3.8) is 0 Å². The zero-order chi connectivity index (χ0) is 7.56. The zero-order valence-electron chi connectivity index (χ0n) is 4.97. The van der Waals surface area contributed by atoms with Gasteiger partial charge in [-0.05, 0) is 28.7 Å². The Morgan fingerprint density at radius 2 is 2.40 bits per heavy atom. The van der Waals surface area contributed by atoms with E-state index < -0.39 is 6.43 Å². The predicted molar refractivity (Wildman–Crippen MR) is 40.9 cm³/mol. The lowest BCUT2D eigenvalue weighted by molar-refractivity contribution is 0.121. The van der Waals surface area contributed by atoms with E-state index in [0.717, 1.165) is 3.70 Å². The van der Waals surface area contributed by atoms with Crippen LogP contribution in [-0.2, 0) is 6.54 Å². The van der Waals surface area contributed by atoms with E-state index >= 15 is 0 Å². The summed E-state index contributed by atoms with van der Waals surface area (Å²) in [4.78, 5) is 0. The van der Waals surface area contributed by atoms with Gasteiger partial charge in [0.05, 0.1) is 0 Å². The first-order valence-corrected chi connectivity index (χ1v) is 3.73. The van der Waals surface area contributed by atoms with Crippen LogP contribution in [0, 0.1) is 3.70 Å². The number of nitrogens with zero attached hydrogens (tertiary/aromatic N) is 2. The lowest BCUT2D eigenvalue weighted by atomic mass is 10.7. The van der Waals surface area contributed by atoms with Gasteiger partial charge in [0.15, 0.2) is 0 Å². The fourth-order valence-corrected chi connectivity index (χ4v) is 1.02. The Kier molecular flexibility index (Phi) is 2.58. The number of hydrogen-bond acceptors (Lipinski definition) is 1. The lowest BCUT2D eigenvalue weighted by Gasteiger charge is -1.96. The SMILES string of the molecule is FC(F)Cn1ccc(I)n1. The van der Waals surface area contributed by atoms with Crippen molar-refractivity contribution in [1.82, 2.24) is 9.78 Å². The van der Waals surface area contributed by atoms with Crippen LogP contribution in [0.2, 0.25) is 0 Å². The largest absolute Gasteiger partial charge is 0.266 e. The summed E-state index contributed by atoms with van der Waals surface area (Å²) < 4.78 is 25.3. The molecule has 56 valence electrons. The summed E-state index contributed by atoms with van der Waals surface area (Å²) in [6, 6.07) is 1.68. The van der Waals surface area contributed by atoms with Crippen LogP contribution in [0.5, 0.6) is 0 Å². The number of rotatable bonds is 2. The normalized spacial score (nSPS) is 10.8. The van der Waals surface area contributed by atoms with Gasteiger partial charge in [-0.1, -0.05) is 0 Å². The Hall–Kier alpha value is -0.200. The molecule has 0 N–H and O–H groups in total. The minimum atomic E-state index is -2.32. The van der Waals surface area contributed by atoms with Crippen molar-refractivity contribution in [2.75, 3.05) is 0 Å². The van der Waals surface area contributed by atoms with E-state index in [1.54, 1.807) is 6.07 Å². The second-order valence-electron chi connectivity index (χ2n) is 1.75. The molecule has 0 aliphatic rings. The van der Waals surface area contributed by atoms with Crippen LogP contribution >= 0.6 is 22.6 Å². The van der Waals surface area contributed by atoms with E-state index in [4.69, 9.17) is 0 Å². The van der Waals surface area contributed by atoms with E-state index in [1.807, 2.05) is 22.6 Å². The highest BCUT2D eigenvalue weighted by molar-refractivity contribution is 14.1. The third-order valence-electron chi connectivity index (χ3n) is 0.933. The highest BCUT2D eigenvalue weighted by Gasteiger charge is 2.03. The van der Waals surface area contributed by atoms with E-state index in [2.05, 4.69) is 5.10 Å². The second kappa shape index (κ2) is 3.27. The van der Waals surface area contributed by atoms with Crippen LogP contribution in [0.3, 0.4) is 0 Å². The quantitative estimate of drug-likeness (QED) is 0.739. The van der Waals surface area contributed by atoms with Gasteiger partial charge in [0, 0.05) is 6.20 Å². The molecule has 0 aromatic carbocycles. The van der Waals surface area contributed by atoms with Crippen molar-refractivity contribution in [3.8, 4) is 0 Å². The molecule has 0 amide bonds. The fraction of sp³-hybridized carbons (Fsp3) is 0.400. The summed E-state index contributed by atoms with van der Waals surface area (Å²) in [6.45, 7) is -0.316. The lowest BCUT2D eigenvalue weighted by Crippen LogP contribution is -2.06. The average molecular weight is 258 g/mol. The average Bonchev–Trinajstić information content (AvgIpc) is 2.13. The molecule has 2 nitrogen and oxygen atoms in total. The Bertz CT molecular complexity index is 211. The Labute approximate surface area is 70.4 Å². The van der Waals surface area contributed by atoms with Gasteiger partial charge >= 0.3 is 0 Å². The molecule has 0 radical (unpaired) electrons. The molecule has 0 aliphatic heterocycles. The van der Waals surface area contributed by atoms with Gasteiger partial charge < -0.3 is 0 Å². The van der Waals surface area contributed by atoms with Gasteiger partial charge in [-0.3, -0.25) is 4.68 Å². The van der Waals surface area contributed by atoms with Gasteiger partial charge in [0.2, 0.25) is 0 Å². The zero-order valence-corrected chi connectivity index (χ0v) is 7.12. The Morgan fingerprint density at radius 1 is 1.70 bits per heavy atom. The minimum absolute atomic E-state index is 0.316. The molecule has 0 aliphatic carbocycles. The van der Waals surface area contributed by atoms with Crippen molar-refractivity contribution < 1.29 is 8.78 Å². The maximum atomic E-state index is 11.7. The molecular formula is C5H5F2IN2. The molecule has 1 heterocycles. The smallest absolute Gasteiger partial charge is 0.257 e. The fourth-order valence-electron chi connectivity index (χ4n) is 0.580. The summed E-state index contributed by atoms with van der Waals surface area (Å²) in [5.41, 5.74) is 0. The summed E-state index contributed by atoms with van der Waals surface area (Å²) in [6.07, 6.45) is -0.788. The molecule has 0 atom stereocenters. The third kappa shape index (κ3) is 2.20. The molecule has 5 heteroatoms. The van der Waals surface area contributed by atoms with E-state index in [-0.39, 0.29) is 6.54 Å². The molecule has 0 spiro atoms. The molecule has 1 aromatic rings. The Balaban J connectivity index is 2.58. The Morgan fingerprint density at radius 3 is 2.80 bits per heavy atom. The maximum absolute atomic E-state index is 11.7. The first-order valence-electron chi connectivity index (χ1n) is 2.65. The summed E-state index contributed by atoms with van der Waals surface area (Å²) in [5, 5.41) is 3.77. The topological polar surface area (TPSA) is 17.8 Å². The highest BCUT2D eigenvalue weighted by Crippen LogP contribution is 2.01. The molecule has 1 aromatic heterocycles. The summed E-state index contributed by atoms with van der Waals surface area (Å²) in [5.74, 6) is 0. The number of alkyl halides is 2. The molecule has 0 fully saturated rings. The monoisotopic (exact) mass is 258 g/mol. The number of aromatic nitrogens is 2. The third-order valence-corrected chi connectivity index (χ3v) is 1.51. The van der Waals surface area contributed by atoms with Crippen LogP contribution in [0.15, 0.2) is 12.3 Å². The van der Waals surface area contributed by atoms with Gasteiger partial charge in [-0.25, -0.2) is 8.78 Å². The number of halogens is 3. The van der Waals surface area contributed by atoms with Crippen LogP contribution in [0.25, 0.3) is 0 Å².